The number of ether oxygens (including phenoxy) is 1. The lowest BCUT2D eigenvalue weighted by Gasteiger charge is -2.36. The Bertz CT molecular complexity index is 417. The molecule has 0 radical (unpaired) electrons. The van der Waals surface area contributed by atoms with E-state index in [2.05, 4.69) is 9.88 Å². The molecule has 0 spiro atoms. The summed E-state index contributed by atoms with van der Waals surface area (Å²) in [7, 11) is 0. The number of halogens is 2. The molecule has 0 saturated carbocycles. The van der Waals surface area contributed by atoms with Gasteiger partial charge in [-0.1, -0.05) is 29.3 Å². The largest absolute Gasteiger partial charge is 0.394 e. The van der Waals surface area contributed by atoms with Crippen LogP contribution in [-0.4, -0.2) is 46.9 Å². The quantitative estimate of drug-likeness (QED) is 0.865. The third-order valence-electron chi connectivity index (χ3n) is 2.89. The number of nitrogens with zero attached hydrogens (tertiary/aromatic N) is 2. The van der Waals surface area contributed by atoms with E-state index < -0.39 is 0 Å². The fourth-order valence-electron chi connectivity index (χ4n) is 2.17. The van der Waals surface area contributed by atoms with E-state index in [-0.39, 0.29) is 18.8 Å². The van der Waals surface area contributed by atoms with Crippen molar-refractivity contribution in [2.75, 3.05) is 19.7 Å². The monoisotopic (exact) mass is 290 g/mol. The van der Waals surface area contributed by atoms with Gasteiger partial charge in [-0.25, -0.2) is 4.98 Å². The summed E-state index contributed by atoms with van der Waals surface area (Å²) in [6.45, 7) is 4.23. The lowest BCUT2D eigenvalue weighted by Crippen LogP contribution is -2.47. The average molecular weight is 291 g/mol. The predicted molar refractivity (Wildman–Crippen MR) is 71.0 cm³/mol. The van der Waals surface area contributed by atoms with Crippen LogP contribution in [0.2, 0.25) is 10.3 Å². The molecule has 1 saturated heterocycles. The van der Waals surface area contributed by atoms with Gasteiger partial charge in [0.2, 0.25) is 0 Å². The van der Waals surface area contributed by atoms with Crippen LogP contribution in [0, 0.1) is 0 Å². The fraction of sp³-hybridized carbons (Fsp3) is 0.583. The highest BCUT2D eigenvalue weighted by molar-refractivity contribution is 6.32. The summed E-state index contributed by atoms with van der Waals surface area (Å²) in [4.78, 5) is 6.22. The van der Waals surface area contributed by atoms with Gasteiger partial charge in [-0.05, 0) is 13.0 Å². The van der Waals surface area contributed by atoms with E-state index in [1.165, 1.54) is 0 Å². The third-order valence-corrected chi connectivity index (χ3v) is 3.43. The van der Waals surface area contributed by atoms with E-state index in [0.29, 0.717) is 23.4 Å². The van der Waals surface area contributed by atoms with Crippen molar-refractivity contribution in [1.29, 1.82) is 0 Å². The van der Waals surface area contributed by atoms with Gasteiger partial charge in [-0.3, -0.25) is 4.90 Å². The van der Waals surface area contributed by atoms with E-state index >= 15 is 0 Å². The van der Waals surface area contributed by atoms with Gasteiger partial charge in [0.25, 0.3) is 0 Å². The molecule has 4 nitrogen and oxygen atoms in total. The van der Waals surface area contributed by atoms with Gasteiger partial charge >= 0.3 is 0 Å². The van der Waals surface area contributed by atoms with Crippen molar-refractivity contribution in [1.82, 2.24) is 9.88 Å². The second kappa shape index (κ2) is 6.17. The first kappa shape index (κ1) is 14.0. The van der Waals surface area contributed by atoms with Crippen molar-refractivity contribution >= 4 is 23.2 Å². The number of aliphatic hydroxyl groups is 1. The standard InChI is InChI=1S/C12H16Cl2N2O2/c1-8-4-16(6-10(7-17)18-8)5-9-2-3-11(13)15-12(9)14/h2-3,8,10,17H,4-7H2,1H3. The zero-order valence-electron chi connectivity index (χ0n) is 10.1. The van der Waals surface area contributed by atoms with Crippen molar-refractivity contribution in [3.05, 3.63) is 28.0 Å². The smallest absolute Gasteiger partial charge is 0.135 e. The van der Waals surface area contributed by atoms with Gasteiger partial charge in [0.05, 0.1) is 18.8 Å². The Morgan fingerprint density at radius 2 is 2.22 bits per heavy atom. The fourth-order valence-corrected chi connectivity index (χ4v) is 2.57. The Hall–Kier alpha value is -0.390. The Kier molecular flexibility index (Phi) is 4.81. The number of rotatable bonds is 3. The first-order valence-corrected chi connectivity index (χ1v) is 6.63. The molecule has 0 bridgehead atoms. The Morgan fingerprint density at radius 3 is 2.89 bits per heavy atom. The van der Waals surface area contributed by atoms with Gasteiger partial charge in [0.1, 0.15) is 10.3 Å². The number of aromatic nitrogens is 1. The zero-order valence-corrected chi connectivity index (χ0v) is 11.7. The second-order valence-corrected chi connectivity index (χ2v) is 5.27. The number of aliphatic hydroxyl groups excluding tert-OH is 1. The molecule has 1 aromatic heterocycles. The van der Waals surface area contributed by atoms with Crippen LogP contribution in [0.1, 0.15) is 12.5 Å². The summed E-state index contributed by atoms with van der Waals surface area (Å²) < 4.78 is 5.59. The maximum Gasteiger partial charge on any atom is 0.135 e. The van der Waals surface area contributed by atoms with Gasteiger partial charge in [-0.2, -0.15) is 0 Å². The average Bonchev–Trinajstić information content (AvgIpc) is 2.32. The van der Waals surface area contributed by atoms with Crippen molar-refractivity contribution < 1.29 is 9.84 Å². The summed E-state index contributed by atoms with van der Waals surface area (Å²) in [5, 5.41) is 10.0. The van der Waals surface area contributed by atoms with Crippen LogP contribution in [0.15, 0.2) is 12.1 Å². The molecular weight excluding hydrogens is 275 g/mol. The summed E-state index contributed by atoms with van der Waals surface area (Å²) in [6, 6.07) is 3.61. The van der Waals surface area contributed by atoms with Crippen LogP contribution in [0.3, 0.4) is 0 Å². The van der Waals surface area contributed by atoms with Crippen LogP contribution in [0.4, 0.5) is 0 Å². The molecule has 2 heterocycles. The lowest BCUT2D eigenvalue weighted by molar-refractivity contribution is -0.0972. The highest BCUT2D eigenvalue weighted by Crippen LogP contribution is 2.20. The Morgan fingerprint density at radius 1 is 1.44 bits per heavy atom. The molecule has 0 aromatic carbocycles. The first-order chi connectivity index (χ1) is 8.58. The number of pyridine rings is 1. The molecule has 1 aromatic rings. The van der Waals surface area contributed by atoms with Crippen LogP contribution in [-0.2, 0) is 11.3 Å². The number of hydrogen-bond donors (Lipinski definition) is 1. The van der Waals surface area contributed by atoms with Crippen molar-refractivity contribution in [3.8, 4) is 0 Å². The lowest BCUT2D eigenvalue weighted by atomic mass is 10.2. The molecule has 2 rings (SSSR count). The molecule has 2 atom stereocenters. The number of hydrogen-bond acceptors (Lipinski definition) is 4. The van der Waals surface area contributed by atoms with E-state index in [9.17, 15) is 5.11 Å². The minimum atomic E-state index is -0.132. The molecule has 1 fully saturated rings. The molecule has 2 unspecified atom stereocenters. The molecule has 18 heavy (non-hydrogen) atoms. The van der Waals surface area contributed by atoms with Crippen LogP contribution < -0.4 is 0 Å². The van der Waals surface area contributed by atoms with Crippen molar-refractivity contribution in [3.63, 3.8) is 0 Å². The molecule has 1 aliphatic heterocycles. The summed E-state index contributed by atoms with van der Waals surface area (Å²) >= 11 is 11.8. The predicted octanol–water partition coefficient (Wildman–Crippen LogP) is 1.97. The van der Waals surface area contributed by atoms with Crippen LogP contribution in [0.25, 0.3) is 0 Å². The molecular formula is C12H16Cl2N2O2. The molecule has 100 valence electrons. The highest BCUT2D eigenvalue weighted by atomic mass is 35.5. The van der Waals surface area contributed by atoms with Crippen LogP contribution >= 0.6 is 23.2 Å². The second-order valence-electron chi connectivity index (χ2n) is 4.53. The highest BCUT2D eigenvalue weighted by Gasteiger charge is 2.25. The third kappa shape index (κ3) is 3.56. The zero-order chi connectivity index (χ0) is 13.1. The molecule has 0 aliphatic carbocycles. The number of morpholine rings is 1. The van der Waals surface area contributed by atoms with Gasteiger partial charge < -0.3 is 9.84 Å². The van der Waals surface area contributed by atoms with Crippen molar-refractivity contribution in [2.45, 2.75) is 25.7 Å². The van der Waals surface area contributed by atoms with E-state index in [0.717, 1.165) is 12.1 Å². The van der Waals surface area contributed by atoms with Gasteiger partial charge in [0.15, 0.2) is 0 Å². The Labute approximate surface area is 116 Å². The summed E-state index contributed by atoms with van der Waals surface area (Å²) in [6.07, 6.45) is -0.0253. The topological polar surface area (TPSA) is 45.6 Å². The normalized spacial score (nSPS) is 25.3. The SMILES string of the molecule is CC1CN(Cc2ccc(Cl)nc2Cl)CC(CO)O1. The molecule has 1 N–H and O–H groups in total. The molecule has 0 amide bonds. The van der Waals surface area contributed by atoms with Gasteiger partial charge in [0, 0.05) is 25.2 Å². The van der Waals surface area contributed by atoms with E-state index in [1.54, 1.807) is 6.07 Å². The van der Waals surface area contributed by atoms with E-state index in [1.807, 2.05) is 13.0 Å². The Balaban J connectivity index is 2.04. The van der Waals surface area contributed by atoms with E-state index in [4.69, 9.17) is 27.9 Å². The minimum absolute atomic E-state index is 0.0352. The maximum absolute atomic E-state index is 9.18. The van der Waals surface area contributed by atoms with Crippen molar-refractivity contribution in [2.24, 2.45) is 0 Å². The minimum Gasteiger partial charge on any atom is -0.394 e. The van der Waals surface area contributed by atoms with Gasteiger partial charge in [-0.15, -0.1) is 0 Å². The summed E-state index contributed by atoms with van der Waals surface area (Å²) in [5.74, 6) is 0. The molecule has 6 heteroatoms. The summed E-state index contributed by atoms with van der Waals surface area (Å²) in [5.41, 5.74) is 0.937. The molecule has 1 aliphatic rings. The maximum atomic E-state index is 9.18. The van der Waals surface area contributed by atoms with Crippen LogP contribution in [0.5, 0.6) is 0 Å². The first-order valence-electron chi connectivity index (χ1n) is 5.88.